The van der Waals surface area contributed by atoms with Crippen molar-refractivity contribution in [1.29, 1.82) is 0 Å². The maximum absolute atomic E-state index is 12.3. The van der Waals surface area contributed by atoms with Crippen LogP contribution < -0.4 is 0 Å². The maximum Gasteiger partial charge on any atom is 0.314 e. The molecule has 0 aliphatic heterocycles. The molecular formula is C17H24O3. The molecule has 0 saturated heterocycles. The lowest BCUT2D eigenvalue weighted by Crippen LogP contribution is -2.40. The van der Waals surface area contributed by atoms with Gasteiger partial charge in [0.2, 0.25) is 0 Å². The summed E-state index contributed by atoms with van der Waals surface area (Å²) in [6.07, 6.45) is 3.62. The third-order valence-corrected chi connectivity index (χ3v) is 4.31. The van der Waals surface area contributed by atoms with Crippen LogP contribution >= 0.6 is 0 Å². The molecule has 1 aliphatic rings. The fraction of sp³-hybridized carbons (Fsp3) is 0.588. The second-order valence-electron chi connectivity index (χ2n) is 5.41. The molecule has 0 radical (unpaired) electrons. The number of benzene rings is 1. The zero-order chi connectivity index (χ0) is 14.4. The quantitative estimate of drug-likeness (QED) is 0.743. The first-order valence-electron chi connectivity index (χ1n) is 7.55. The Kier molecular flexibility index (Phi) is 5.18. The second-order valence-corrected chi connectivity index (χ2v) is 5.41. The highest BCUT2D eigenvalue weighted by Crippen LogP contribution is 2.44. The van der Waals surface area contributed by atoms with E-state index in [1.807, 2.05) is 37.3 Å². The molecule has 0 bridgehead atoms. The first-order chi connectivity index (χ1) is 9.73. The summed E-state index contributed by atoms with van der Waals surface area (Å²) in [7, 11) is 0. The minimum Gasteiger partial charge on any atom is -0.465 e. The van der Waals surface area contributed by atoms with E-state index in [0.29, 0.717) is 13.2 Å². The van der Waals surface area contributed by atoms with E-state index in [1.54, 1.807) is 0 Å². The Labute approximate surface area is 121 Å². The summed E-state index contributed by atoms with van der Waals surface area (Å²) in [5.41, 5.74) is 0.707. The lowest BCUT2D eigenvalue weighted by atomic mass is 9.81. The standard InChI is InChI=1S/C17H24O3/c1-3-17(16(18)19-4-2)12-8-11-15(17)20-13-14-9-6-5-7-10-14/h5-7,9-10,15H,3-4,8,11-13H2,1-2H3. The van der Waals surface area contributed by atoms with Crippen molar-refractivity contribution in [3.63, 3.8) is 0 Å². The Hall–Kier alpha value is -1.35. The molecule has 0 N–H and O–H groups in total. The third kappa shape index (κ3) is 3.04. The summed E-state index contributed by atoms with van der Waals surface area (Å²) < 4.78 is 11.3. The zero-order valence-corrected chi connectivity index (χ0v) is 12.4. The molecule has 1 aromatic rings. The van der Waals surface area contributed by atoms with Gasteiger partial charge in [-0.3, -0.25) is 4.79 Å². The highest BCUT2D eigenvalue weighted by molar-refractivity contribution is 5.78. The van der Waals surface area contributed by atoms with Gasteiger partial charge in [0.05, 0.1) is 24.7 Å². The van der Waals surface area contributed by atoms with Crippen LogP contribution in [-0.4, -0.2) is 18.7 Å². The predicted octanol–water partition coefficient (Wildman–Crippen LogP) is 3.72. The minimum atomic E-state index is -0.440. The van der Waals surface area contributed by atoms with Crippen LogP contribution in [0.25, 0.3) is 0 Å². The molecule has 3 nitrogen and oxygen atoms in total. The van der Waals surface area contributed by atoms with Crippen LogP contribution in [-0.2, 0) is 20.9 Å². The summed E-state index contributed by atoms with van der Waals surface area (Å²) in [6, 6.07) is 10.1. The first-order valence-corrected chi connectivity index (χ1v) is 7.55. The van der Waals surface area contributed by atoms with Gasteiger partial charge in [0.25, 0.3) is 0 Å². The molecule has 1 saturated carbocycles. The summed E-state index contributed by atoms with van der Waals surface area (Å²) in [5.74, 6) is -0.0851. The van der Waals surface area contributed by atoms with Crippen LogP contribution in [0.2, 0.25) is 0 Å². The van der Waals surface area contributed by atoms with Crippen molar-refractivity contribution < 1.29 is 14.3 Å². The van der Waals surface area contributed by atoms with Gasteiger partial charge in [0, 0.05) is 0 Å². The molecule has 1 fully saturated rings. The van der Waals surface area contributed by atoms with Gasteiger partial charge in [0.1, 0.15) is 0 Å². The zero-order valence-electron chi connectivity index (χ0n) is 12.4. The van der Waals surface area contributed by atoms with Crippen molar-refractivity contribution in [2.45, 2.75) is 52.2 Å². The Bertz CT molecular complexity index is 429. The van der Waals surface area contributed by atoms with Gasteiger partial charge in [-0.25, -0.2) is 0 Å². The fourth-order valence-corrected chi connectivity index (χ4v) is 3.11. The molecule has 0 heterocycles. The number of rotatable bonds is 6. The number of carbonyl (C=O) groups is 1. The van der Waals surface area contributed by atoms with Gasteiger partial charge in [-0.15, -0.1) is 0 Å². The first kappa shape index (κ1) is 15.0. The topological polar surface area (TPSA) is 35.5 Å². The van der Waals surface area contributed by atoms with E-state index < -0.39 is 5.41 Å². The number of ether oxygens (including phenoxy) is 2. The van der Waals surface area contributed by atoms with Gasteiger partial charge in [-0.1, -0.05) is 37.3 Å². The molecule has 0 spiro atoms. The van der Waals surface area contributed by atoms with Crippen molar-refractivity contribution in [1.82, 2.24) is 0 Å². The van der Waals surface area contributed by atoms with Crippen LogP contribution in [0.15, 0.2) is 30.3 Å². The largest absolute Gasteiger partial charge is 0.465 e. The van der Waals surface area contributed by atoms with Crippen LogP contribution in [0.4, 0.5) is 0 Å². The molecule has 1 aromatic carbocycles. The number of carbonyl (C=O) groups excluding carboxylic acids is 1. The van der Waals surface area contributed by atoms with Crippen molar-refractivity contribution in [2.24, 2.45) is 5.41 Å². The Morgan fingerprint density at radius 2 is 2.05 bits per heavy atom. The van der Waals surface area contributed by atoms with Crippen molar-refractivity contribution in [3.8, 4) is 0 Å². The lowest BCUT2D eigenvalue weighted by molar-refractivity contribution is -0.165. The van der Waals surface area contributed by atoms with Gasteiger partial charge < -0.3 is 9.47 Å². The molecule has 1 aliphatic carbocycles. The Morgan fingerprint density at radius 3 is 2.70 bits per heavy atom. The van der Waals surface area contributed by atoms with Crippen LogP contribution in [0.3, 0.4) is 0 Å². The third-order valence-electron chi connectivity index (χ3n) is 4.31. The Morgan fingerprint density at radius 1 is 1.30 bits per heavy atom. The summed E-state index contributed by atoms with van der Waals surface area (Å²) in [6.45, 7) is 4.91. The van der Waals surface area contributed by atoms with E-state index in [4.69, 9.17) is 9.47 Å². The number of hydrogen-bond donors (Lipinski definition) is 0. The molecule has 0 aromatic heterocycles. The molecule has 110 valence electrons. The van der Waals surface area contributed by atoms with E-state index in [1.165, 1.54) is 0 Å². The van der Waals surface area contributed by atoms with E-state index in [-0.39, 0.29) is 12.1 Å². The highest BCUT2D eigenvalue weighted by Gasteiger charge is 2.49. The molecule has 2 atom stereocenters. The normalized spacial score (nSPS) is 25.6. The molecule has 0 amide bonds. The predicted molar refractivity (Wildman–Crippen MR) is 78.2 cm³/mol. The highest BCUT2D eigenvalue weighted by atomic mass is 16.5. The van der Waals surface area contributed by atoms with E-state index in [0.717, 1.165) is 31.2 Å². The smallest absolute Gasteiger partial charge is 0.314 e. The van der Waals surface area contributed by atoms with Crippen LogP contribution in [0.1, 0.15) is 45.1 Å². The number of hydrogen-bond acceptors (Lipinski definition) is 3. The molecule has 2 rings (SSSR count). The van der Waals surface area contributed by atoms with E-state index in [2.05, 4.69) is 6.92 Å². The fourth-order valence-electron chi connectivity index (χ4n) is 3.11. The van der Waals surface area contributed by atoms with Crippen LogP contribution in [0, 0.1) is 5.41 Å². The van der Waals surface area contributed by atoms with Gasteiger partial charge >= 0.3 is 5.97 Å². The monoisotopic (exact) mass is 276 g/mol. The van der Waals surface area contributed by atoms with Gasteiger partial charge in [0.15, 0.2) is 0 Å². The Balaban J connectivity index is 2.03. The molecule has 20 heavy (non-hydrogen) atoms. The molecule has 3 heteroatoms. The number of esters is 1. The second kappa shape index (κ2) is 6.89. The molecular weight excluding hydrogens is 252 g/mol. The van der Waals surface area contributed by atoms with Crippen molar-refractivity contribution in [2.75, 3.05) is 6.61 Å². The van der Waals surface area contributed by atoms with Crippen LogP contribution in [0.5, 0.6) is 0 Å². The van der Waals surface area contributed by atoms with Crippen molar-refractivity contribution in [3.05, 3.63) is 35.9 Å². The molecule has 2 unspecified atom stereocenters. The summed E-state index contributed by atoms with van der Waals surface area (Å²) in [5, 5.41) is 0. The minimum absolute atomic E-state index is 0.0215. The maximum atomic E-state index is 12.3. The average molecular weight is 276 g/mol. The van der Waals surface area contributed by atoms with E-state index >= 15 is 0 Å². The lowest BCUT2D eigenvalue weighted by Gasteiger charge is -2.32. The van der Waals surface area contributed by atoms with Crippen molar-refractivity contribution >= 4 is 5.97 Å². The summed E-state index contributed by atoms with van der Waals surface area (Å²) >= 11 is 0. The SMILES string of the molecule is CCOC(=O)C1(CC)CCCC1OCc1ccccc1. The van der Waals surface area contributed by atoms with Gasteiger partial charge in [-0.05, 0) is 38.2 Å². The average Bonchev–Trinajstić information content (AvgIpc) is 2.90. The van der Waals surface area contributed by atoms with Gasteiger partial charge in [-0.2, -0.15) is 0 Å². The summed E-state index contributed by atoms with van der Waals surface area (Å²) in [4.78, 5) is 12.3. The van der Waals surface area contributed by atoms with E-state index in [9.17, 15) is 4.79 Å².